The third-order valence-corrected chi connectivity index (χ3v) is 6.09. The number of nitrogens with two attached hydrogens (primary N) is 1. The van der Waals surface area contributed by atoms with Crippen molar-refractivity contribution >= 4 is 28.8 Å². The van der Waals surface area contributed by atoms with Gasteiger partial charge in [0.25, 0.3) is 11.6 Å². The van der Waals surface area contributed by atoms with E-state index in [1.54, 1.807) is 19.1 Å². The van der Waals surface area contributed by atoms with E-state index in [0.717, 1.165) is 31.9 Å². The summed E-state index contributed by atoms with van der Waals surface area (Å²) < 4.78 is 5.89. The molecule has 0 bridgehead atoms. The highest BCUT2D eigenvalue weighted by Gasteiger charge is 2.20. The molecule has 11 nitrogen and oxygen atoms in total. The average Bonchev–Trinajstić information content (AvgIpc) is 2.86. The van der Waals surface area contributed by atoms with E-state index >= 15 is 0 Å². The largest absolute Gasteiger partial charge is 0.437 e. The summed E-state index contributed by atoms with van der Waals surface area (Å²) in [7, 11) is 2.11. The van der Waals surface area contributed by atoms with Crippen molar-refractivity contribution in [3.05, 3.63) is 69.5 Å². The molecule has 3 N–H and O–H groups in total. The fourth-order valence-electron chi connectivity index (χ4n) is 3.94. The van der Waals surface area contributed by atoms with Gasteiger partial charge in [-0.3, -0.25) is 14.9 Å². The number of ether oxygens (including phenoxy) is 1. The fraction of sp³-hybridized carbons (Fsp3) is 0.320. The summed E-state index contributed by atoms with van der Waals surface area (Å²) in [4.78, 5) is 36.5. The number of piperazine rings is 1. The minimum absolute atomic E-state index is 0.0165. The summed E-state index contributed by atoms with van der Waals surface area (Å²) in [5.41, 5.74) is 8.24. The quantitative estimate of drug-likeness (QED) is 0.357. The van der Waals surface area contributed by atoms with Crippen molar-refractivity contribution < 1.29 is 14.5 Å². The number of nitro benzene ring substituents is 1. The molecule has 0 saturated carbocycles. The van der Waals surface area contributed by atoms with Gasteiger partial charge in [0.2, 0.25) is 5.88 Å². The molecule has 2 heterocycles. The van der Waals surface area contributed by atoms with Crippen molar-refractivity contribution in [3.63, 3.8) is 0 Å². The molecule has 0 spiro atoms. The Morgan fingerprint density at radius 2 is 1.83 bits per heavy atom. The van der Waals surface area contributed by atoms with Crippen LogP contribution in [-0.2, 0) is 6.42 Å². The highest BCUT2D eigenvalue weighted by atomic mass is 16.6. The number of aromatic nitrogens is 2. The molecule has 0 radical (unpaired) electrons. The number of rotatable bonds is 8. The van der Waals surface area contributed by atoms with Crippen molar-refractivity contribution in [2.75, 3.05) is 43.4 Å². The van der Waals surface area contributed by atoms with Crippen molar-refractivity contribution in [1.29, 1.82) is 0 Å². The molecule has 1 aliphatic rings. The normalized spacial score (nSPS) is 13.9. The van der Waals surface area contributed by atoms with Crippen LogP contribution in [0.4, 0.5) is 22.9 Å². The second-order valence-electron chi connectivity index (χ2n) is 8.66. The monoisotopic (exact) mass is 491 g/mol. The number of aryl methyl sites for hydroxylation is 2. The molecule has 1 saturated heterocycles. The van der Waals surface area contributed by atoms with Gasteiger partial charge in [0.05, 0.1) is 11.0 Å². The molecule has 1 aromatic heterocycles. The highest BCUT2D eigenvalue weighted by molar-refractivity contribution is 5.96. The third-order valence-electron chi connectivity index (χ3n) is 6.09. The van der Waals surface area contributed by atoms with E-state index in [0.29, 0.717) is 23.4 Å². The van der Waals surface area contributed by atoms with E-state index in [1.165, 1.54) is 6.07 Å². The number of carbonyl (C=O) groups is 1. The van der Waals surface area contributed by atoms with E-state index < -0.39 is 10.8 Å². The molecule has 11 heteroatoms. The van der Waals surface area contributed by atoms with Crippen molar-refractivity contribution in [3.8, 4) is 11.6 Å². The van der Waals surface area contributed by atoms with E-state index in [-0.39, 0.29) is 28.8 Å². The summed E-state index contributed by atoms with van der Waals surface area (Å²) >= 11 is 0. The highest BCUT2D eigenvalue weighted by Crippen LogP contribution is 2.31. The van der Waals surface area contributed by atoms with Crippen molar-refractivity contribution in [2.45, 2.75) is 20.3 Å². The molecule has 0 atom stereocenters. The summed E-state index contributed by atoms with van der Waals surface area (Å²) in [6.45, 7) is 7.41. The van der Waals surface area contributed by atoms with E-state index in [2.05, 4.69) is 32.1 Å². The maximum atomic E-state index is 12.1. The fourth-order valence-corrected chi connectivity index (χ4v) is 3.94. The lowest BCUT2D eigenvalue weighted by Crippen LogP contribution is -2.44. The first kappa shape index (κ1) is 24.9. The van der Waals surface area contributed by atoms with E-state index in [1.807, 2.05) is 31.2 Å². The van der Waals surface area contributed by atoms with E-state index in [4.69, 9.17) is 10.5 Å². The lowest BCUT2D eigenvalue weighted by Gasteiger charge is -2.34. The number of amides is 1. The number of hydrogen-bond acceptors (Lipinski definition) is 9. The number of nitrogens with one attached hydrogen (secondary N) is 1. The third kappa shape index (κ3) is 5.52. The number of hydrogen-bond donors (Lipinski definition) is 2. The summed E-state index contributed by atoms with van der Waals surface area (Å²) in [6.07, 6.45) is 0.413. The molecule has 0 aliphatic carbocycles. The minimum atomic E-state index is -0.730. The number of nitro groups is 1. The molecular formula is C25H29N7O4. The van der Waals surface area contributed by atoms with Gasteiger partial charge in [-0.1, -0.05) is 6.92 Å². The zero-order valence-corrected chi connectivity index (χ0v) is 20.5. The van der Waals surface area contributed by atoms with Gasteiger partial charge in [0.15, 0.2) is 11.5 Å². The van der Waals surface area contributed by atoms with Gasteiger partial charge >= 0.3 is 0 Å². The standard InChI is InChI=1S/C25H29N7O4/c1-4-20-25(36-19-10-5-16(2)21(15-19)32(34)35)29-24(22(28-20)23(26)33)27-17-6-8-18(9-7-17)31-13-11-30(3)12-14-31/h5-10,15H,4,11-14H2,1-3H3,(H2,26,33)(H,27,29). The Morgan fingerprint density at radius 1 is 1.14 bits per heavy atom. The van der Waals surface area contributed by atoms with Crippen LogP contribution in [-0.4, -0.2) is 58.9 Å². The molecule has 1 fully saturated rings. The zero-order chi connectivity index (χ0) is 25.8. The van der Waals surface area contributed by atoms with Gasteiger partial charge < -0.3 is 25.6 Å². The number of nitrogens with zero attached hydrogens (tertiary/aromatic N) is 5. The lowest BCUT2D eigenvalue weighted by molar-refractivity contribution is -0.385. The average molecular weight is 492 g/mol. The van der Waals surface area contributed by atoms with Crippen LogP contribution in [0, 0.1) is 17.0 Å². The van der Waals surface area contributed by atoms with Crippen LogP contribution < -0.4 is 20.7 Å². The van der Waals surface area contributed by atoms with Gasteiger partial charge in [-0.15, -0.1) is 0 Å². The van der Waals surface area contributed by atoms with Crippen LogP contribution in [0.5, 0.6) is 11.6 Å². The molecule has 2 aromatic carbocycles. The second-order valence-corrected chi connectivity index (χ2v) is 8.66. The van der Waals surface area contributed by atoms with Crippen LogP contribution in [0.3, 0.4) is 0 Å². The molecule has 4 rings (SSSR count). The van der Waals surface area contributed by atoms with Crippen LogP contribution in [0.2, 0.25) is 0 Å². The Kier molecular flexibility index (Phi) is 7.30. The topological polar surface area (TPSA) is 140 Å². The maximum Gasteiger partial charge on any atom is 0.276 e. The second kappa shape index (κ2) is 10.6. The van der Waals surface area contributed by atoms with E-state index in [9.17, 15) is 14.9 Å². The molecule has 36 heavy (non-hydrogen) atoms. The molecule has 0 unspecified atom stereocenters. The van der Waals surface area contributed by atoms with Gasteiger partial charge in [-0.25, -0.2) is 4.98 Å². The first-order valence-corrected chi connectivity index (χ1v) is 11.7. The Hall–Kier alpha value is -4.25. The Labute approximate surface area is 209 Å². The molecule has 188 valence electrons. The molecular weight excluding hydrogens is 462 g/mol. The molecule has 3 aromatic rings. The smallest absolute Gasteiger partial charge is 0.276 e. The number of benzene rings is 2. The minimum Gasteiger partial charge on any atom is -0.437 e. The first-order chi connectivity index (χ1) is 17.2. The predicted octanol–water partition coefficient (Wildman–Crippen LogP) is 3.64. The van der Waals surface area contributed by atoms with Gasteiger partial charge in [-0.2, -0.15) is 4.98 Å². The molecule has 1 aliphatic heterocycles. The number of likely N-dealkylation sites (N-methyl/N-ethyl adjacent to an activating group) is 1. The van der Waals surface area contributed by atoms with Crippen LogP contribution in [0.25, 0.3) is 0 Å². The van der Waals surface area contributed by atoms with Crippen LogP contribution in [0.1, 0.15) is 28.7 Å². The van der Waals surface area contributed by atoms with Gasteiger partial charge in [0, 0.05) is 43.1 Å². The number of anilines is 3. The Morgan fingerprint density at radius 3 is 2.44 bits per heavy atom. The zero-order valence-electron chi connectivity index (χ0n) is 20.5. The SMILES string of the molecule is CCc1nc(C(N)=O)c(Nc2ccc(N3CCN(C)CC3)cc2)nc1Oc1ccc(C)c([N+](=O)[O-])c1. The predicted molar refractivity (Wildman–Crippen MR) is 137 cm³/mol. The lowest BCUT2D eigenvalue weighted by atomic mass is 10.2. The van der Waals surface area contributed by atoms with Crippen molar-refractivity contribution in [1.82, 2.24) is 14.9 Å². The van der Waals surface area contributed by atoms with Gasteiger partial charge in [0.1, 0.15) is 11.4 Å². The number of carbonyl (C=O) groups excluding carboxylic acids is 1. The summed E-state index contributed by atoms with van der Waals surface area (Å²) in [6, 6.07) is 12.4. The Bertz CT molecular complexity index is 1270. The Balaban J connectivity index is 1.62. The maximum absolute atomic E-state index is 12.1. The van der Waals surface area contributed by atoms with Crippen LogP contribution >= 0.6 is 0 Å². The van der Waals surface area contributed by atoms with Crippen molar-refractivity contribution in [2.24, 2.45) is 5.73 Å². The van der Waals surface area contributed by atoms with Crippen LogP contribution in [0.15, 0.2) is 42.5 Å². The summed E-state index contributed by atoms with van der Waals surface area (Å²) in [5, 5.41) is 14.4. The summed E-state index contributed by atoms with van der Waals surface area (Å²) in [5.74, 6) is -0.210. The number of primary amides is 1. The first-order valence-electron chi connectivity index (χ1n) is 11.7. The molecule has 1 amide bonds. The van der Waals surface area contributed by atoms with Gasteiger partial charge in [-0.05, 0) is 56.8 Å².